The highest BCUT2D eigenvalue weighted by molar-refractivity contribution is 6.39. The summed E-state index contributed by atoms with van der Waals surface area (Å²) in [4.78, 5) is 23.6. The lowest BCUT2D eigenvalue weighted by Gasteiger charge is -2.10. The summed E-state index contributed by atoms with van der Waals surface area (Å²) in [6, 6.07) is 8.64. The van der Waals surface area contributed by atoms with Crippen LogP contribution in [0.3, 0.4) is 0 Å². The van der Waals surface area contributed by atoms with Gasteiger partial charge in [0, 0.05) is 5.02 Å². The molecule has 120 valence electrons. The van der Waals surface area contributed by atoms with Crippen LogP contribution < -0.4 is 5.32 Å². The number of hydrogen-bond donors (Lipinski definition) is 2. The highest BCUT2D eigenvalue weighted by Crippen LogP contribution is 2.29. The van der Waals surface area contributed by atoms with Crippen molar-refractivity contribution in [2.24, 2.45) is 0 Å². The van der Waals surface area contributed by atoms with E-state index in [1.807, 2.05) is 0 Å². The Kier molecular flexibility index (Phi) is 5.71. The number of carbonyl (C=O) groups excluding carboxylic acids is 2. The molecule has 1 amide bonds. The molecule has 0 aromatic heterocycles. The molecule has 5 nitrogen and oxygen atoms in total. The van der Waals surface area contributed by atoms with Gasteiger partial charge < -0.3 is 15.2 Å². The minimum Gasteiger partial charge on any atom is -0.507 e. The number of hydrogen-bond acceptors (Lipinski definition) is 4. The number of phenolic OH excluding ortho intramolecular Hbond substituents is 1. The average Bonchev–Trinajstić information content (AvgIpc) is 2.51. The first kappa shape index (κ1) is 17.4. The number of para-hydroxylation sites is 1. The van der Waals surface area contributed by atoms with Gasteiger partial charge in [0.05, 0.1) is 15.7 Å². The van der Waals surface area contributed by atoms with E-state index < -0.39 is 18.5 Å². The molecule has 8 heteroatoms. The van der Waals surface area contributed by atoms with Crippen LogP contribution in [0.2, 0.25) is 15.1 Å². The maximum Gasteiger partial charge on any atom is 0.342 e. The number of anilines is 1. The second kappa shape index (κ2) is 7.55. The van der Waals surface area contributed by atoms with Gasteiger partial charge >= 0.3 is 5.97 Å². The lowest BCUT2D eigenvalue weighted by Crippen LogP contribution is -2.21. The molecule has 0 atom stereocenters. The first-order valence-corrected chi connectivity index (χ1v) is 7.41. The first-order chi connectivity index (χ1) is 10.9. The van der Waals surface area contributed by atoms with Crippen LogP contribution in [0.5, 0.6) is 5.75 Å². The third-order valence-corrected chi connectivity index (χ3v) is 3.61. The van der Waals surface area contributed by atoms with Crippen molar-refractivity contribution in [2.45, 2.75) is 0 Å². The molecular weight excluding hydrogens is 365 g/mol. The monoisotopic (exact) mass is 373 g/mol. The van der Waals surface area contributed by atoms with Gasteiger partial charge in [-0.2, -0.15) is 0 Å². The summed E-state index contributed by atoms with van der Waals surface area (Å²) in [6.45, 7) is -0.577. The molecule has 2 N–H and O–H groups in total. The number of aromatic hydroxyl groups is 1. The van der Waals surface area contributed by atoms with Crippen molar-refractivity contribution < 1.29 is 19.4 Å². The zero-order chi connectivity index (χ0) is 17.0. The van der Waals surface area contributed by atoms with Crippen LogP contribution in [-0.2, 0) is 9.53 Å². The van der Waals surface area contributed by atoms with Crippen LogP contribution in [0.15, 0.2) is 36.4 Å². The van der Waals surface area contributed by atoms with Gasteiger partial charge in [-0.05, 0) is 30.3 Å². The predicted octanol–water partition coefficient (Wildman–Crippen LogP) is 4.15. The molecule has 2 rings (SSSR count). The molecule has 0 aliphatic rings. The molecule has 0 aliphatic heterocycles. The topological polar surface area (TPSA) is 75.6 Å². The Bertz CT molecular complexity index is 744. The molecule has 0 spiro atoms. The number of benzene rings is 2. The van der Waals surface area contributed by atoms with Crippen LogP contribution in [0.4, 0.5) is 5.69 Å². The fourth-order valence-corrected chi connectivity index (χ4v) is 2.34. The van der Waals surface area contributed by atoms with Crippen molar-refractivity contribution in [1.82, 2.24) is 0 Å². The fourth-order valence-electron chi connectivity index (χ4n) is 1.67. The van der Waals surface area contributed by atoms with E-state index in [2.05, 4.69) is 5.32 Å². The Morgan fingerprint density at radius 2 is 1.74 bits per heavy atom. The Labute approximate surface area is 146 Å². The Hall–Kier alpha value is -1.95. The Morgan fingerprint density at radius 3 is 2.39 bits per heavy atom. The van der Waals surface area contributed by atoms with Gasteiger partial charge in [0.15, 0.2) is 6.61 Å². The molecule has 0 saturated carbocycles. The van der Waals surface area contributed by atoms with E-state index in [9.17, 15) is 14.7 Å². The lowest BCUT2D eigenvalue weighted by atomic mass is 10.2. The van der Waals surface area contributed by atoms with Gasteiger partial charge in [0.2, 0.25) is 0 Å². The summed E-state index contributed by atoms with van der Waals surface area (Å²) in [5.41, 5.74) is 0.0866. The van der Waals surface area contributed by atoms with Crippen molar-refractivity contribution >= 4 is 52.4 Å². The number of halogens is 3. The van der Waals surface area contributed by atoms with E-state index in [0.29, 0.717) is 0 Å². The van der Waals surface area contributed by atoms with Crippen LogP contribution in [0.1, 0.15) is 10.4 Å². The van der Waals surface area contributed by atoms with E-state index in [0.717, 1.165) is 0 Å². The first-order valence-electron chi connectivity index (χ1n) is 6.28. The predicted molar refractivity (Wildman–Crippen MR) is 88.5 cm³/mol. The number of nitrogens with one attached hydrogen (secondary N) is 1. The van der Waals surface area contributed by atoms with E-state index in [1.165, 1.54) is 18.2 Å². The normalized spacial score (nSPS) is 10.2. The molecule has 0 heterocycles. The molecule has 0 unspecified atom stereocenters. The molecular formula is C15H10Cl3NO4. The summed E-state index contributed by atoms with van der Waals surface area (Å²) >= 11 is 17.6. The maximum atomic E-state index is 11.8. The van der Waals surface area contributed by atoms with Gasteiger partial charge in [-0.15, -0.1) is 0 Å². The van der Waals surface area contributed by atoms with E-state index in [4.69, 9.17) is 39.5 Å². The molecule has 2 aromatic carbocycles. The zero-order valence-corrected chi connectivity index (χ0v) is 13.7. The standard InChI is InChI=1S/C15H10Cl3NO4/c16-8-4-5-12(20)9(6-8)15(22)23-7-13(21)19-14-10(17)2-1-3-11(14)18/h1-6,20H,7H2,(H,19,21). The summed E-state index contributed by atoms with van der Waals surface area (Å²) in [6.07, 6.45) is 0. The quantitative estimate of drug-likeness (QED) is 0.788. The minimum atomic E-state index is -0.884. The number of ether oxygens (including phenoxy) is 1. The van der Waals surface area contributed by atoms with Crippen LogP contribution in [0.25, 0.3) is 0 Å². The van der Waals surface area contributed by atoms with E-state index >= 15 is 0 Å². The molecule has 0 saturated heterocycles. The minimum absolute atomic E-state index is 0.138. The van der Waals surface area contributed by atoms with Crippen molar-refractivity contribution in [2.75, 3.05) is 11.9 Å². The van der Waals surface area contributed by atoms with Crippen LogP contribution in [-0.4, -0.2) is 23.6 Å². The van der Waals surface area contributed by atoms with Gasteiger partial charge in [0.25, 0.3) is 5.91 Å². The fraction of sp³-hybridized carbons (Fsp3) is 0.0667. The van der Waals surface area contributed by atoms with E-state index in [1.54, 1.807) is 18.2 Å². The molecule has 0 radical (unpaired) electrons. The largest absolute Gasteiger partial charge is 0.507 e. The lowest BCUT2D eigenvalue weighted by molar-refractivity contribution is -0.119. The Morgan fingerprint density at radius 1 is 1.09 bits per heavy atom. The van der Waals surface area contributed by atoms with Crippen LogP contribution >= 0.6 is 34.8 Å². The van der Waals surface area contributed by atoms with Crippen LogP contribution in [0, 0.1) is 0 Å². The van der Waals surface area contributed by atoms with Gasteiger partial charge in [-0.1, -0.05) is 40.9 Å². The second-order valence-corrected chi connectivity index (χ2v) is 5.63. The summed E-state index contributed by atoms with van der Waals surface area (Å²) in [7, 11) is 0. The summed E-state index contributed by atoms with van der Waals surface area (Å²) in [5, 5.41) is 12.8. The second-order valence-electron chi connectivity index (χ2n) is 4.38. The maximum absolute atomic E-state index is 11.8. The highest BCUT2D eigenvalue weighted by Gasteiger charge is 2.16. The molecule has 0 fully saturated rings. The average molecular weight is 375 g/mol. The summed E-state index contributed by atoms with van der Waals surface area (Å²) in [5.74, 6) is -1.81. The number of esters is 1. The SMILES string of the molecule is O=C(COC(=O)c1cc(Cl)ccc1O)Nc1c(Cl)cccc1Cl. The number of carbonyl (C=O) groups is 2. The molecule has 2 aromatic rings. The zero-order valence-electron chi connectivity index (χ0n) is 11.5. The third kappa shape index (κ3) is 4.51. The number of rotatable bonds is 4. The van der Waals surface area contributed by atoms with Crippen molar-refractivity contribution in [3.63, 3.8) is 0 Å². The third-order valence-electron chi connectivity index (χ3n) is 2.74. The number of phenols is 1. The molecule has 0 aliphatic carbocycles. The summed E-state index contributed by atoms with van der Waals surface area (Å²) < 4.78 is 4.82. The van der Waals surface area contributed by atoms with Gasteiger partial charge in [-0.3, -0.25) is 4.79 Å². The molecule has 0 bridgehead atoms. The van der Waals surface area contributed by atoms with Gasteiger partial charge in [-0.25, -0.2) is 4.79 Å². The van der Waals surface area contributed by atoms with Crippen molar-refractivity contribution in [3.8, 4) is 5.75 Å². The van der Waals surface area contributed by atoms with Gasteiger partial charge in [0.1, 0.15) is 11.3 Å². The van der Waals surface area contributed by atoms with Crippen molar-refractivity contribution in [1.29, 1.82) is 0 Å². The molecule has 23 heavy (non-hydrogen) atoms. The van der Waals surface area contributed by atoms with E-state index in [-0.39, 0.29) is 32.1 Å². The smallest absolute Gasteiger partial charge is 0.342 e. The van der Waals surface area contributed by atoms with Crippen molar-refractivity contribution in [3.05, 3.63) is 57.0 Å². The Balaban J connectivity index is 1.99. The highest BCUT2D eigenvalue weighted by atomic mass is 35.5. The number of amides is 1.